The van der Waals surface area contributed by atoms with Gasteiger partial charge < -0.3 is 9.47 Å². The van der Waals surface area contributed by atoms with Gasteiger partial charge in [-0.2, -0.15) is 0 Å². The average Bonchev–Trinajstić information content (AvgIpc) is 2.41. The van der Waals surface area contributed by atoms with Crippen LogP contribution in [0.5, 0.6) is 11.5 Å². The predicted octanol–water partition coefficient (Wildman–Crippen LogP) is 3.92. The van der Waals surface area contributed by atoms with E-state index in [4.69, 9.17) is 16.3 Å². The van der Waals surface area contributed by atoms with Crippen molar-refractivity contribution >= 4 is 17.6 Å². The first-order valence-electron chi connectivity index (χ1n) is 5.31. The van der Waals surface area contributed by atoms with Crippen molar-refractivity contribution in [2.75, 3.05) is 7.11 Å². The number of halogens is 1. The molecule has 2 rings (SSSR count). The average molecular weight is 263 g/mol. The van der Waals surface area contributed by atoms with Gasteiger partial charge in [0.05, 0.1) is 17.7 Å². The van der Waals surface area contributed by atoms with Crippen molar-refractivity contribution < 1.29 is 14.3 Å². The van der Waals surface area contributed by atoms with E-state index in [9.17, 15) is 4.79 Å². The number of carbonyl (C=O) groups is 1. The van der Waals surface area contributed by atoms with Crippen molar-refractivity contribution in [2.45, 2.75) is 0 Å². The first-order chi connectivity index (χ1) is 8.70. The first-order valence-corrected chi connectivity index (χ1v) is 5.69. The van der Waals surface area contributed by atoms with Crippen molar-refractivity contribution in [1.82, 2.24) is 0 Å². The van der Waals surface area contributed by atoms with Crippen LogP contribution in [0.25, 0.3) is 0 Å². The summed E-state index contributed by atoms with van der Waals surface area (Å²) < 4.78 is 10.2. The molecule has 0 atom stereocenters. The topological polar surface area (TPSA) is 35.5 Å². The Morgan fingerprint density at radius 1 is 1.06 bits per heavy atom. The molecule has 18 heavy (non-hydrogen) atoms. The van der Waals surface area contributed by atoms with Gasteiger partial charge in [-0.3, -0.25) is 0 Å². The number of hydrogen-bond acceptors (Lipinski definition) is 3. The Labute approximate surface area is 110 Å². The quantitative estimate of drug-likeness (QED) is 0.787. The van der Waals surface area contributed by atoms with Crippen molar-refractivity contribution in [3.63, 3.8) is 0 Å². The molecule has 0 saturated heterocycles. The Balaban J connectivity index is 2.16. The summed E-state index contributed by atoms with van der Waals surface area (Å²) in [5.74, 6) is 0.806. The Morgan fingerprint density at radius 2 is 1.72 bits per heavy atom. The molecule has 0 aliphatic heterocycles. The number of benzene rings is 2. The fraction of sp³-hybridized carbons (Fsp3) is 0.0714. The summed E-state index contributed by atoms with van der Waals surface area (Å²) >= 11 is 5.98. The standard InChI is InChI=1S/C14H11ClO3/c1-17-14(16)10-6-8-11(9-7-10)18-13-5-3-2-4-12(13)15/h2-9H,1H3. The van der Waals surface area contributed by atoms with Gasteiger partial charge >= 0.3 is 5.97 Å². The van der Waals surface area contributed by atoms with Gasteiger partial charge in [-0.25, -0.2) is 4.79 Å². The zero-order chi connectivity index (χ0) is 13.0. The first kappa shape index (κ1) is 12.5. The highest BCUT2D eigenvalue weighted by atomic mass is 35.5. The van der Waals surface area contributed by atoms with Crippen molar-refractivity contribution in [3.8, 4) is 11.5 Å². The Kier molecular flexibility index (Phi) is 3.85. The van der Waals surface area contributed by atoms with Gasteiger partial charge in [-0.15, -0.1) is 0 Å². The Morgan fingerprint density at radius 3 is 2.33 bits per heavy atom. The smallest absolute Gasteiger partial charge is 0.337 e. The number of methoxy groups -OCH3 is 1. The second kappa shape index (κ2) is 5.56. The van der Waals surface area contributed by atoms with Gasteiger partial charge in [-0.1, -0.05) is 23.7 Å². The van der Waals surface area contributed by atoms with Crippen LogP contribution < -0.4 is 4.74 Å². The molecule has 0 aliphatic rings. The molecule has 4 heteroatoms. The summed E-state index contributed by atoms with van der Waals surface area (Å²) in [5, 5.41) is 0.537. The summed E-state index contributed by atoms with van der Waals surface area (Å²) in [6.07, 6.45) is 0. The van der Waals surface area contributed by atoms with Crippen LogP contribution in [-0.4, -0.2) is 13.1 Å². The van der Waals surface area contributed by atoms with Gasteiger partial charge in [-0.05, 0) is 36.4 Å². The zero-order valence-electron chi connectivity index (χ0n) is 9.72. The van der Waals surface area contributed by atoms with Crippen LogP contribution in [0.2, 0.25) is 5.02 Å². The SMILES string of the molecule is COC(=O)c1ccc(Oc2ccccc2Cl)cc1. The molecule has 92 valence electrons. The molecule has 0 bridgehead atoms. The second-order valence-electron chi connectivity index (χ2n) is 3.55. The summed E-state index contributed by atoms with van der Waals surface area (Å²) in [5.41, 5.74) is 0.476. The molecule has 2 aromatic rings. The predicted molar refractivity (Wildman–Crippen MR) is 69.3 cm³/mol. The zero-order valence-corrected chi connectivity index (χ0v) is 10.5. The molecule has 2 aromatic carbocycles. The molecule has 0 N–H and O–H groups in total. The summed E-state index contributed by atoms with van der Waals surface area (Å²) in [6, 6.07) is 13.8. The highest BCUT2D eigenvalue weighted by molar-refractivity contribution is 6.32. The van der Waals surface area contributed by atoms with E-state index in [1.165, 1.54) is 7.11 Å². The summed E-state index contributed by atoms with van der Waals surface area (Å²) in [4.78, 5) is 11.3. The minimum Gasteiger partial charge on any atom is -0.465 e. The molecular weight excluding hydrogens is 252 g/mol. The van der Waals surface area contributed by atoms with E-state index in [1.54, 1.807) is 36.4 Å². The molecule has 0 fully saturated rings. The van der Waals surface area contributed by atoms with E-state index in [2.05, 4.69) is 4.74 Å². The minimum absolute atomic E-state index is 0.376. The van der Waals surface area contributed by atoms with E-state index in [0.29, 0.717) is 22.1 Å². The molecule has 0 aromatic heterocycles. The van der Waals surface area contributed by atoms with Crippen molar-refractivity contribution in [3.05, 3.63) is 59.1 Å². The molecule has 0 heterocycles. The van der Waals surface area contributed by atoms with Crippen LogP contribution in [0.3, 0.4) is 0 Å². The number of hydrogen-bond donors (Lipinski definition) is 0. The van der Waals surface area contributed by atoms with Crippen molar-refractivity contribution in [1.29, 1.82) is 0 Å². The molecule has 0 amide bonds. The third kappa shape index (κ3) is 2.81. The lowest BCUT2D eigenvalue weighted by Gasteiger charge is -2.07. The number of rotatable bonds is 3. The molecule has 0 aliphatic carbocycles. The molecule has 0 radical (unpaired) electrons. The highest BCUT2D eigenvalue weighted by Gasteiger charge is 2.06. The van der Waals surface area contributed by atoms with Gasteiger partial charge in [0.2, 0.25) is 0 Å². The number of carbonyl (C=O) groups excluding carboxylic acids is 1. The maximum absolute atomic E-state index is 11.3. The van der Waals surface area contributed by atoms with E-state index in [0.717, 1.165) is 0 Å². The number of para-hydroxylation sites is 1. The molecule has 0 unspecified atom stereocenters. The van der Waals surface area contributed by atoms with E-state index in [1.807, 2.05) is 12.1 Å². The normalized spacial score (nSPS) is 9.89. The van der Waals surface area contributed by atoms with E-state index in [-0.39, 0.29) is 5.97 Å². The molecule has 0 saturated carbocycles. The van der Waals surface area contributed by atoms with Crippen LogP contribution in [-0.2, 0) is 4.74 Å². The molecule has 0 spiro atoms. The van der Waals surface area contributed by atoms with Crippen molar-refractivity contribution in [2.24, 2.45) is 0 Å². The largest absolute Gasteiger partial charge is 0.465 e. The Bertz CT molecular complexity index is 549. The second-order valence-corrected chi connectivity index (χ2v) is 3.96. The summed E-state index contributed by atoms with van der Waals surface area (Å²) in [7, 11) is 1.34. The maximum atomic E-state index is 11.3. The van der Waals surface area contributed by atoms with Gasteiger partial charge in [0, 0.05) is 0 Å². The van der Waals surface area contributed by atoms with Crippen LogP contribution in [0.4, 0.5) is 0 Å². The number of esters is 1. The molecular formula is C14H11ClO3. The fourth-order valence-corrected chi connectivity index (χ4v) is 1.61. The van der Waals surface area contributed by atoms with Gasteiger partial charge in [0.25, 0.3) is 0 Å². The Hall–Kier alpha value is -2.00. The fourth-order valence-electron chi connectivity index (χ4n) is 1.43. The van der Waals surface area contributed by atoms with E-state index < -0.39 is 0 Å². The van der Waals surface area contributed by atoms with Crippen LogP contribution in [0.15, 0.2) is 48.5 Å². The highest BCUT2D eigenvalue weighted by Crippen LogP contribution is 2.28. The van der Waals surface area contributed by atoms with Gasteiger partial charge in [0.1, 0.15) is 11.5 Å². The lowest BCUT2D eigenvalue weighted by Crippen LogP contribution is -2.00. The molecule has 3 nitrogen and oxygen atoms in total. The van der Waals surface area contributed by atoms with Gasteiger partial charge in [0.15, 0.2) is 0 Å². The third-order valence-corrected chi connectivity index (χ3v) is 2.65. The van der Waals surface area contributed by atoms with Crippen LogP contribution in [0.1, 0.15) is 10.4 Å². The van der Waals surface area contributed by atoms with Crippen LogP contribution in [0, 0.1) is 0 Å². The lowest BCUT2D eigenvalue weighted by atomic mass is 10.2. The number of ether oxygens (including phenoxy) is 2. The van der Waals surface area contributed by atoms with E-state index >= 15 is 0 Å². The monoisotopic (exact) mass is 262 g/mol. The minimum atomic E-state index is -0.376. The third-order valence-electron chi connectivity index (χ3n) is 2.34. The maximum Gasteiger partial charge on any atom is 0.337 e. The summed E-state index contributed by atoms with van der Waals surface area (Å²) in [6.45, 7) is 0. The van der Waals surface area contributed by atoms with Crippen LogP contribution >= 0.6 is 11.6 Å². The lowest BCUT2D eigenvalue weighted by molar-refractivity contribution is 0.0600.